The lowest BCUT2D eigenvalue weighted by Gasteiger charge is -2.33. The molecular weight excluding hydrogens is 180 g/mol. The molecule has 1 amide bonds. The van der Waals surface area contributed by atoms with Gasteiger partial charge in [0.25, 0.3) is 0 Å². The van der Waals surface area contributed by atoms with Crippen LogP contribution in [0.5, 0.6) is 0 Å². The van der Waals surface area contributed by atoms with E-state index in [0.29, 0.717) is 0 Å². The van der Waals surface area contributed by atoms with E-state index in [1.807, 2.05) is 6.92 Å². The number of hydrogen-bond acceptors (Lipinski definition) is 3. The lowest BCUT2D eigenvalue weighted by molar-refractivity contribution is -0.120. The summed E-state index contributed by atoms with van der Waals surface area (Å²) in [6.45, 7) is 4.57. The summed E-state index contributed by atoms with van der Waals surface area (Å²) >= 11 is 0. The summed E-state index contributed by atoms with van der Waals surface area (Å²) < 4.78 is 5.70. The summed E-state index contributed by atoms with van der Waals surface area (Å²) in [6.07, 6.45) is 3.19. The van der Waals surface area contributed by atoms with Crippen LogP contribution in [0.2, 0.25) is 0 Å². The van der Waals surface area contributed by atoms with Gasteiger partial charge in [0, 0.05) is 6.61 Å². The molecule has 1 N–H and O–H groups in total. The molecule has 14 heavy (non-hydrogen) atoms. The van der Waals surface area contributed by atoms with Crippen molar-refractivity contribution in [2.24, 2.45) is 4.99 Å². The van der Waals surface area contributed by atoms with Gasteiger partial charge in [0.15, 0.2) is 0 Å². The minimum atomic E-state index is -0.362. The summed E-state index contributed by atoms with van der Waals surface area (Å²) in [5.74, 6) is 0.699. The number of nitrogens with one attached hydrogen (secondary N) is 1. The van der Waals surface area contributed by atoms with E-state index in [-0.39, 0.29) is 17.6 Å². The highest BCUT2D eigenvalue weighted by Crippen LogP contribution is 2.26. The molecule has 2 unspecified atom stereocenters. The lowest BCUT2D eigenvalue weighted by atomic mass is 9.95. The van der Waals surface area contributed by atoms with Crippen LogP contribution in [-0.2, 0) is 9.53 Å². The molecule has 0 aromatic carbocycles. The fourth-order valence-corrected chi connectivity index (χ4v) is 1.90. The first-order valence-corrected chi connectivity index (χ1v) is 5.15. The SMILES string of the molecule is CC1N=C(C2(C)CCCCO2)NC1=O. The van der Waals surface area contributed by atoms with Gasteiger partial charge < -0.3 is 10.1 Å². The van der Waals surface area contributed by atoms with Gasteiger partial charge in [-0.2, -0.15) is 0 Å². The number of amidine groups is 1. The second kappa shape index (κ2) is 3.35. The van der Waals surface area contributed by atoms with Gasteiger partial charge in [-0.1, -0.05) is 0 Å². The number of aliphatic imine (C=N–C) groups is 1. The van der Waals surface area contributed by atoms with Gasteiger partial charge in [0.2, 0.25) is 5.91 Å². The van der Waals surface area contributed by atoms with E-state index in [1.165, 1.54) is 0 Å². The van der Waals surface area contributed by atoms with Crippen molar-refractivity contribution in [3.05, 3.63) is 0 Å². The predicted octanol–water partition coefficient (Wildman–Crippen LogP) is 0.862. The van der Waals surface area contributed by atoms with Crippen LogP contribution in [-0.4, -0.2) is 30.0 Å². The van der Waals surface area contributed by atoms with Gasteiger partial charge in [-0.25, -0.2) is 0 Å². The Morgan fingerprint density at radius 3 is 2.86 bits per heavy atom. The van der Waals surface area contributed by atoms with E-state index in [4.69, 9.17) is 4.74 Å². The van der Waals surface area contributed by atoms with Gasteiger partial charge in [-0.15, -0.1) is 0 Å². The van der Waals surface area contributed by atoms with E-state index < -0.39 is 0 Å². The molecule has 0 saturated carbocycles. The van der Waals surface area contributed by atoms with E-state index in [0.717, 1.165) is 31.7 Å². The van der Waals surface area contributed by atoms with Crippen molar-refractivity contribution in [3.63, 3.8) is 0 Å². The Morgan fingerprint density at radius 1 is 1.57 bits per heavy atom. The number of nitrogens with zero attached hydrogens (tertiary/aromatic N) is 1. The number of carbonyl (C=O) groups is 1. The highest BCUT2D eigenvalue weighted by molar-refractivity contribution is 6.09. The van der Waals surface area contributed by atoms with Crippen molar-refractivity contribution >= 4 is 11.7 Å². The van der Waals surface area contributed by atoms with E-state index >= 15 is 0 Å². The molecule has 0 bridgehead atoms. The molecule has 0 radical (unpaired) electrons. The highest BCUT2D eigenvalue weighted by Gasteiger charge is 2.38. The molecule has 2 aliphatic rings. The Bertz CT molecular complexity index is 280. The Hall–Kier alpha value is -0.900. The molecule has 2 atom stereocenters. The maximum absolute atomic E-state index is 11.3. The third kappa shape index (κ3) is 1.54. The zero-order valence-corrected chi connectivity index (χ0v) is 8.67. The Morgan fingerprint density at radius 2 is 2.36 bits per heavy atom. The van der Waals surface area contributed by atoms with Gasteiger partial charge >= 0.3 is 0 Å². The Balaban J connectivity index is 2.14. The van der Waals surface area contributed by atoms with Gasteiger partial charge in [-0.3, -0.25) is 9.79 Å². The maximum Gasteiger partial charge on any atom is 0.249 e. The fourth-order valence-electron chi connectivity index (χ4n) is 1.90. The fraction of sp³-hybridized carbons (Fsp3) is 0.800. The number of rotatable bonds is 1. The molecule has 78 valence electrons. The zero-order chi connectivity index (χ0) is 10.2. The van der Waals surface area contributed by atoms with Crippen molar-refractivity contribution in [1.82, 2.24) is 5.32 Å². The topological polar surface area (TPSA) is 50.7 Å². The van der Waals surface area contributed by atoms with Crippen molar-refractivity contribution in [2.45, 2.75) is 44.8 Å². The molecule has 0 aliphatic carbocycles. The zero-order valence-electron chi connectivity index (χ0n) is 8.67. The quantitative estimate of drug-likeness (QED) is 0.676. The first-order chi connectivity index (χ1) is 6.62. The Labute approximate surface area is 83.7 Å². The number of hydrogen-bond donors (Lipinski definition) is 1. The van der Waals surface area contributed by atoms with E-state index in [9.17, 15) is 4.79 Å². The second-order valence-electron chi connectivity index (χ2n) is 4.18. The summed E-state index contributed by atoms with van der Waals surface area (Å²) in [5.41, 5.74) is -0.362. The van der Waals surface area contributed by atoms with Crippen LogP contribution in [0.3, 0.4) is 0 Å². The van der Waals surface area contributed by atoms with Crippen LogP contribution in [0.25, 0.3) is 0 Å². The maximum atomic E-state index is 11.3. The smallest absolute Gasteiger partial charge is 0.249 e. The summed E-state index contributed by atoms with van der Waals surface area (Å²) in [6, 6.07) is -0.257. The van der Waals surface area contributed by atoms with Crippen molar-refractivity contribution in [3.8, 4) is 0 Å². The molecule has 2 rings (SSSR count). The summed E-state index contributed by atoms with van der Waals surface area (Å²) in [4.78, 5) is 15.6. The first-order valence-electron chi connectivity index (χ1n) is 5.15. The molecule has 0 aromatic rings. The minimum Gasteiger partial charge on any atom is -0.367 e. The first kappa shape index (κ1) is 9.65. The lowest BCUT2D eigenvalue weighted by Crippen LogP contribution is -2.47. The van der Waals surface area contributed by atoms with Gasteiger partial charge in [0.1, 0.15) is 17.5 Å². The van der Waals surface area contributed by atoms with Crippen LogP contribution in [0, 0.1) is 0 Å². The van der Waals surface area contributed by atoms with E-state index in [2.05, 4.69) is 10.3 Å². The standard InChI is InChI=1S/C10H16N2O2/c1-7-8(13)12-9(11-7)10(2)5-3-4-6-14-10/h7H,3-6H2,1-2H3,(H,11,12,13). The molecule has 2 heterocycles. The third-order valence-corrected chi connectivity index (χ3v) is 2.91. The molecule has 4 heteroatoms. The number of ether oxygens (including phenoxy) is 1. The van der Waals surface area contributed by atoms with Crippen LogP contribution < -0.4 is 5.32 Å². The molecule has 2 aliphatic heterocycles. The number of amides is 1. The van der Waals surface area contributed by atoms with Crippen LogP contribution in [0.15, 0.2) is 4.99 Å². The summed E-state index contributed by atoms with van der Waals surface area (Å²) in [5, 5.41) is 2.80. The van der Waals surface area contributed by atoms with Crippen molar-refractivity contribution < 1.29 is 9.53 Å². The second-order valence-corrected chi connectivity index (χ2v) is 4.18. The average molecular weight is 196 g/mol. The predicted molar refractivity (Wildman–Crippen MR) is 53.2 cm³/mol. The normalized spacial score (nSPS) is 38.0. The van der Waals surface area contributed by atoms with Crippen LogP contribution in [0.1, 0.15) is 33.1 Å². The third-order valence-electron chi connectivity index (χ3n) is 2.91. The van der Waals surface area contributed by atoms with Crippen molar-refractivity contribution in [1.29, 1.82) is 0 Å². The number of carbonyl (C=O) groups excluding carboxylic acids is 1. The molecule has 1 fully saturated rings. The minimum absolute atomic E-state index is 0.0181. The molecule has 0 aromatic heterocycles. The molecular formula is C10H16N2O2. The van der Waals surface area contributed by atoms with Crippen LogP contribution in [0.4, 0.5) is 0 Å². The van der Waals surface area contributed by atoms with Gasteiger partial charge in [-0.05, 0) is 33.1 Å². The Kier molecular flexibility index (Phi) is 2.31. The summed E-state index contributed by atoms with van der Waals surface area (Å²) in [7, 11) is 0. The highest BCUT2D eigenvalue weighted by atomic mass is 16.5. The van der Waals surface area contributed by atoms with Crippen molar-refractivity contribution in [2.75, 3.05) is 6.61 Å². The van der Waals surface area contributed by atoms with E-state index in [1.54, 1.807) is 6.92 Å². The largest absolute Gasteiger partial charge is 0.367 e. The molecule has 1 saturated heterocycles. The monoisotopic (exact) mass is 196 g/mol. The van der Waals surface area contributed by atoms with Gasteiger partial charge in [0.05, 0.1) is 0 Å². The van der Waals surface area contributed by atoms with Crippen LogP contribution >= 0.6 is 0 Å². The average Bonchev–Trinajstić information content (AvgIpc) is 2.49. The molecule has 0 spiro atoms. The molecule has 4 nitrogen and oxygen atoms in total.